The van der Waals surface area contributed by atoms with Crippen molar-refractivity contribution >= 4 is 17.5 Å². The smallest absolute Gasteiger partial charge is 0.314 e. The van der Waals surface area contributed by atoms with Crippen molar-refractivity contribution in [2.45, 2.75) is 13.1 Å². The topological polar surface area (TPSA) is 67.9 Å². The van der Waals surface area contributed by atoms with Gasteiger partial charge in [-0.05, 0) is 23.3 Å². The molecule has 0 radical (unpaired) electrons. The summed E-state index contributed by atoms with van der Waals surface area (Å²) in [5.41, 5.74) is 2.28. The van der Waals surface area contributed by atoms with Crippen molar-refractivity contribution in [2.75, 3.05) is 19.5 Å². The highest BCUT2D eigenvalue weighted by Gasteiger charge is 2.23. The first-order valence-corrected chi connectivity index (χ1v) is 9.51. The maximum Gasteiger partial charge on any atom is 0.314 e. The summed E-state index contributed by atoms with van der Waals surface area (Å²) in [7, 11) is 3.03. The Kier molecular flexibility index (Phi) is 7.05. The first kappa shape index (κ1) is 20.9. The van der Waals surface area contributed by atoms with Gasteiger partial charge in [-0.15, -0.1) is 0 Å². The third-order valence-corrected chi connectivity index (χ3v) is 4.57. The second kappa shape index (κ2) is 10.1. The molecule has 0 atom stereocenters. The molecule has 0 unspecified atom stereocenters. The molecule has 0 aliphatic heterocycles. The molecule has 1 N–H and O–H groups in total. The van der Waals surface area contributed by atoms with Gasteiger partial charge in [-0.25, -0.2) is 0 Å². The van der Waals surface area contributed by atoms with Gasteiger partial charge in [0.15, 0.2) is 0 Å². The van der Waals surface area contributed by atoms with E-state index in [4.69, 9.17) is 9.47 Å². The maximum atomic E-state index is 13.0. The van der Waals surface area contributed by atoms with E-state index in [0.29, 0.717) is 30.3 Å². The molecule has 30 heavy (non-hydrogen) atoms. The fourth-order valence-corrected chi connectivity index (χ4v) is 3.03. The van der Waals surface area contributed by atoms with Crippen molar-refractivity contribution in [1.29, 1.82) is 0 Å². The minimum atomic E-state index is -0.731. The molecule has 3 aromatic rings. The van der Waals surface area contributed by atoms with Crippen LogP contribution in [-0.4, -0.2) is 30.9 Å². The number of hydrogen-bond donors (Lipinski definition) is 1. The summed E-state index contributed by atoms with van der Waals surface area (Å²) >= 11 is 0. The highest BCUT2D eigenvalue weighted by molar-refractivity contribution is 6.39. The van der Waals surface area contributed by atoms with Crippen LogP contribution in [0.4, 0.5) is 5.69 Å². The van der Waals surface area contributed by atoms with Gasteiger partial charge < -0.3 is 19.7 Å². The van der Waals surface area contributed by atoms with E-state index in [1.165, 1.54) is 12.0 Å². The van der Waals surface area contributed by atoms with Crippen molar-refractivity contribution < 1.29 is 19.1 Å². The molecule has 0 heterocycles. The molecule has 2 amide bonds. The van der Waals surface area contributed by atoms with E-state index < -0.39 is 11.8 Å². The zero-order chi connectivity index (χ0) is 21.3. The normalized spacial score (nSPS) is 10.2. The van der Waals surface area contributed by atoms with Crippen molar-refractivity contribution in [3.8, 4) is 11.5 Å². The molecular weight excluding hydrogens is 380 g/mol. The Balaban J connectivity index is 1.80. The Morgan fingerprint density at radius 3 is 1.87 bits per heavy atom. The minimum absolute atomic E-state index is 0.321. The number of methoxy groups -OCH3 is 2. The third kappa shape index (κ3) is 5.38. The lowest BCUT2D eigenvalue weighted by Crippen LogP contribution is -2.39. The molecule has 0 aromatic heterocycles. The Labute approximate surface area is 176 Å². The number of benzene rings is 3. The van der Waals surface area contributed by atoms with Crippen molar-refractivity contribution in [2.24, 2.45) is 0 Å². The van der Waals surface area contributed by atoms with Crippen LogP contribution in [-0.2, 0) is 22.7 Å². The molecule has 0 saturated carbocycles. The van der Waals surface area contributed by atoms with Crippen LogP contribution in [0.3, 0.4) is 0 Å². The minimum Gasteiger partial charge on any atom is -0.497 e. The van der Waals surface area contributed by atoms with Gasteiger partial charge >= 0.3 is 11.8 Å². The molecule has 0 fully saturated rings. The van der Waals surface area contributed by atoms with Crippen LogP contribution in [0.2, 0.25) is 0 Å². The number of rotatable bonds is 7. The summed E-state index contributed by atoms with van der Waals surface area (Å²) < 4.78 is 10.5. The third-order valence-electron chi connectivity index (χ3n) is 4.57. The van der Waals surface area contributed by atoms with E-state index in [-0.39, 0.29) is 0 Å². The van der Waals surface area contributed by atoms with Crippen molar-refractivity contribution in [3.05, 3.63) is 90.0 Å². The molecule has 0 aliphatic carbocycles. The second-order valence-corrected chi connectivity index (χ2v) is 6.65. The largest absolute Gasteiger partial charge is 0.497 e. The summed E-state index contributed by atoms with van der Waals surface area (Å²) in [5.74, 6) is -0.356. The number of carbonyl (C=O) groups excluding carboxylic acids is 2. The van der Waals surface area contributed by atoms with E-state index >= 15 is 0 Å². The number of amides is 2. The summed E-state index contributed by atoms with van der Waals surface area (Å²) in [6.07, 6.45) is 0. The molecule has 0 bridgehead atoms. The van der Waals surface area contributed by atoms with Crippen LogP contribution in [0.1, 0.15) is 11.1 Å². The summed E-state index contributed by atoms with van der Waals surface area (Å²) in [6, 6.07) is 24.1. The Bertz CT molecular complexity index is 949. The second-order valence-electron chi connectivity index (χ2n) is 6.65. The Morgan fingerprint density at radius 2 is 1.37 bits per heavy atom. The average Bonchev–Trinajstić information content (AvgIpc) is 2.79. The molecule has 3 aromatic carbocycles. The number of ether oxygens (including phenoxy) is 2. The quantitative estimate of drug-likeness (QED) is 0.607. The fraction of sp³-hybridized carbons (Fsp3) is 0.167. The van der Waals surface area contributed by atoms with E-state index in [9.17, 15) is 9.59 Å². The van der Waals surface area contributed by atoms with Gasteiger partial charge in [0, 0.05) is 19.2 Å². The molecule has 0 saturated heterocycles. The summed E-state index contributed by atoms with van der Waals surface area (Å²) in [6.45, 7) is 0.642. The van der Waals surface area contributed by atoms with Gasteiger partial charge in [0.2, 0.25) is 0 Å². The summed E-state index contributed by atoms with van der Waals surface area (Å²) in [4.78, 5) is 27.3. The highest BCUT2D eigenvalue weighted by Crippen LogP contribution is 2.29. The number of hydrogen-bond acceptors (Lipinski definition) is 4. The van der Waals surface area contributed by atoms with Gasteiger partial charge in [0.05, 0.1) is 19.9 Å². The number of nitrogens with one attached hydrogen (secondary N) is 1. The highest BCUT2D eigenvalue weighted by atomic mass is 16.5. The molecule has 3 rings (SSSR count). The van der Waals surface area contributed by atoms with Crippen LogP contribution >= 0.6 is 0 Å². The van der Waals surface area contributed by atoms with Gasteiger partial charge in [-0.2, -0.15) is 0 Å². The van der Waals surface area contributed by atoms with E-state index in [1.54, 1.807) is 25.3 Å². The lowest BCUT2D eigenvalue weighted by Gasteiger charge is -2.23. The standard InChI is InChI=1S/C24H24N2O4/c1-29-20-13-14-21(22(15-20)30-2)25-23(27)24(28)26(16-18-9-5-3-6-10-18)17-19-11-7-4-8-12-19/h3-15H,16-17H2,1-2H3,(H,25,27). The lowest BCUT2D eigenvalue weighted by atomic mass is 10.1. The molecule has 0 spiro atoms. The first-order chi connectivity index (χ1) is 14.6. The monoisotopic (exact) mass is 404 g/mol. The fourth-order valence-electron chi connectivity index (χ4n) is 3.03. The van der Waals surface area contributed by atoms with Crippen LogP contribution in [0, 0.1) is 0 Å². The first-order valence-electron chi connectivity index (χ1n) is 9.51. The predicted molar refractivity (Wildman–Crippen MR) is 115 cm³/mol. The average molecular weight is 404 g/mol. The van der Waals surface area contributed by atoms with Crippen molar-refractivity contribution in [3.63, 3.8) is 0 Å². The molecule has 6 heteroatoms. The molecule has 0 aliphatic rings. The SMILES string of the molecule is COc1ccc(NC(=O)C(=O)N(Cc2ccccc2)Cc2ccccc2)c(OC)c1. The summed E-state index contributed by atoms with van der Waals surface area (Å²) in [5, 5.41) is 2.65. The van der Waals surface area contributed by atoms with Crippen LogP contribution < -0.4 is 14.8 Å². The van der Waals surface area contributed by atoms with Crippen LogP contribution in [0.15, 0.2) is 78.9 Å². The molecule has 154 valence electrons. The van der Waals surface area contributed by atoms with E-state index in [0.717, 1.165) is 11.1 Å². The van der Waals surface area contributed by atoms with Gasteiger partial charge in [-0.1, -0.05) is 60.7 Å². The lowest BCUT2D eigenvalue weighted by molar-refractivity contribution is -0.144. The number of anilines is 1. The van der Waals surface area contributed by atoms with Crippen molar-refractivity contribution in [1.82, 2.24) is 4.90 Å². The Hall–Kier alpha value is -3.80. The van der Waals surface area contributed by atoms with E-state index in [2.05, 4.69) is 5.32 Å². The van der Waals surface area contributed by atoms with Gasteiger partial charge in [0.25, 0.3) is 0 Å². The number of carbonyl (C=O) groups is 2. The van der Waals surface area contributed by atoms with Crippen LogP contribution in [0.25, 0.3) is 0 Å². The van der Waals surface area contributed by atoms with Crippen LogP contribution in [0.5, 0.6) is 11.5 Å². The van der Waals surface area contributed by atoms with E-state index in [1.807, 2.05) is 60.7 Å². The Morgan fingerprint density at radius 1 is 0.800 bits per heavy atom. The maximum absolute atomic E-state index is 13.0. The zero-order valence-electron chi connectivity index (χ0n) is 17.0. The predicted octanol–water partition coefficient (Wildman–Crippen LogP) is 3.87. The van der Waals surface area contributed by atoms with Gasteiger partial charge in [-0.3, -0.25) is 9.59 Å². The zero-order valence-corrected chi connectivity index (χ0v) is 17.0. The molecular formula is C24H24N2O4. The molecule has 6 nitrogen and oxygen atoms in total. The number of nitrogens with zero attached hydrogens (tertiary/aromatic N) is 1. The van der Waals surface area contributed by atoms with Gasteiger partial charge in [0.1, 0.15) is 11.5 Å².